The molecule has 16 heteroatoms. The molecule has 6 heterocycles. The van der Waals surface area contributed by atoms with E-state index in [1.165, 1.54) is 11.1 Å². The summed E-state index contributed by atoms with van der Waals surface area (Å²) < 4.78 is 27.1. The summed E-state index contributed by atoms with van der Waals surface area (Å²) in [7, 11) is 3.88. The van der Waals surface area contributed by atoms with Crippen molar-refractivity contribution >= 4 is 35.3 Å². The van der Waals surface area contributed by atoms with Crippen LogP contribution in [-0.2, 0) is 55.5 Å². The number of hydrogen-bond acceptors (Lipinski definition) is 12. The van der Waals surface area contributed by atoms with Crippen LogP contribution in [0.2, 0.25) is 0 Å². The normalized spacial score (nSPS) is 23.3. The van der Waals surface area contributed by atoms with Gasteiger partial charge < -0.3 is 37.9 Å². The van der Waals surface area contributed by atoms with E-state index in [1.807, 2.05) is 57.3 Å². The van der Waals surface area contributed by atoms with Gasteiger partial charge in [-0.1, -0.05) is 72.1 Å². The molecule has 58 heavy (non-hydrogen) atoms. The van der Waals surface area contributed by atoms with E-state index in [0.717, 1.165) is 60.3 Å². The van der Waals surface area contributed by atoms with Crippen molar-refractivity contribution in [2.24, 2.45) is 14.1 Å². The van der Waals surface area contributed by atoms with Crippen molar-refractivity contribution in [3.05, 3.63) is 83.4 Å². The Labute approximate surface area is 349 Å². The number of rotatable bonds is 12. The Morgan fingerprint density at radius 2 is 1.09 bits per heavy atom. The van der Waals surface area contributed by atoms with Crippen LogP contribution in [0.25, 0.3) is 0 Å². The quantitative estimate of drug-likeness (QED) is 0.173. The highest BCUT2D eigenvalue weighted by molar-refractivity contribution is 7.99. The number of benzene rings is 2. The van der Waals surface area contributed by atoms with Crippen LogP contribution in [0.4, 0.5) is 0 Å². The van der Waals surface area contributed by atoms with Gasteiger partial charge in [0.2, 0.25) is 11.8 Å². The Hall–Kier alpha value is -3.80. The van der Waals surface area contributed by atoms with Crippen molar-refractivity contribution in [2.45, 2.75) is 97.6 Å². The molecule has 4 aliphatic heterocycles. The maximum Gasteiger partial charge on any atom is 0.227 e. The molecule has 2 amide bonds. The summed E-state index contributed by atoms with van der Waals surface area (Å²) in [6, 6.07) is 16.6. The second kappa shape index (κ2) is 20.4. The van der Waals surface area contributed by atoms with Gasteiger partial charge in [-0.3, -0.25) is 9.59 Å². The second-order valence-electron chi connectivity index (χ2n) is 15.4. The lowest BCUT2D eigenvalue weighted by molar-refractivity contribution is -0.144. The van der Waals surface area contributed by atoms with Crippen LogP contribution in [0.5, 0.6) is 0 Å². The second-order valence-corrected chi connectivity index (χ2v) is 18.0. The van der Waals surface area contributed by atoms with E-state index in [0.29, 0.717) is 52.2 Å². The molecular formula is C42H56N8O6S2. The zero-order valence-electron chi connectivity index (χ0n) is 34.0. The molecule has 0 saturated carbocycles. The number of carbonyl (C=O) groups is 2. The topological polar surface area (TPSA) is 139 Å². The zero-order valence-corrected chi connectivity index (χ0v) is 35.6. The molecule has 4 fully saturated rings. The third-order valence-corrected chi connectivity index (χ3v) is 13.5. The summed E-state index contributed by atoms with van der Waals surface area (Å²) in [4.78, 5) is 29.7. The van der Waals surface area contributed by atoms with Crippen molar-refractivity contribution in [3.63, 3.8) is 0 Å². The first-order valence-corrected chi connectivity index (χ1v) is 22.2. The molecule has 0 N–H and O–H groups in total. The van der Waals surface area contributed by atoms with Gasteiger partial charge in [-0.25, -0.2) is 0 Å². The molecule has 0 radical (unpaired) electrons. The number of carbonyl (C=O) groups excluding carboxylic acids is 2. The summed E-state index contributed by atoms with van der Waals surface area (Å²) in [5.74, 6) is 0.309. The first-order valence-electron chi connectivity index (χ1n) is 20.4. The van der Waals surface area contributed by atoms with Crippen LogP contribution >= 0.6 is 23.5 Å². The van der Waals surface area contributed by atoms with Crippen molar-refractivity contribution in [1.29, 1.82) is 0 Å². The van der Waals surface area contributed by atoms with Crippen molar-refractivity contribution in [3.8, 4) is 0 Å². The fourth-order valence-electron chi connectivity index (χ4n) is 7.74. The highest BCUT2D eigenvalue weighted by Crippen LogP contribution is 2.35. The van der Waals surface area contributed by atoms with Gasteiger partial charge in [0.05, 0.1) is 38.3 Å². The number of aromatic nitrogens is 6. The summed E-state index contributed by atoms with van der Waals surface area (Å²) in [6.07, 6.45) is 8.71. The minimum Gasteiger partial charge on any atom is -0.375 e. The van der Waals surface area contributed by atoms with Crippen molar-refractivity contribution in [1.82, 2.24) is 39.3 Å². The van der Waals surface area contributed by atoms with Crippen molar-refractivity contribution < 1.29 is 28.5 Å². The molecule has 0 unspecified atom stereocenters. The van der Waals surface area contributed by atoms with Crippen LogP contribution in [-0.4, -0.2) is 128 Å². The Morgan fingerprint density at radius 1 is 0.655 bits per heavy atom. The fourth-order valence-corrected chi connectivity index (χ4v) is 9.55. The maximum absolute atomic E-state index is 12.9. The highest BCUT2D eigenvalue weighted by atomic mass is 32.2. The minimum atomic E-state index is 0.00403. The maximum atomic E-state index is 12.9. The third-order valence-electron chi connectivity index (χ3n) is 11.1. The lowest BCUT2D eigenvalue weighted by Crippen LogP contribution is -2.50. The molecule has 312 valence electrons. The van der Waals surface area contributed by atoms with E-state index in [9.17, 15) is 9.59 Å². The summed E-state index contributed by atoms with van der Waals surface area (Å²) in [5, 5.41) is 18.4. The third kappa shape index (κ3) is 11.3. The minimum absolute atomic E-state index is 0.00403. The Kier molecular flexibility index (Phi) is 14.9. The van der Waals surface area contributed by atoms with Gasteiger partial charge in [-0.05, 0) is 61.8 Å². The van der Waals surface area contributed by atoms with Crippen LogP contribution < -0.4 is 0 Å². The number of aryl methyl sites for hydroxylation is 2. The monoisotopic (exact) mass is 832 g/mol. The average Bonchev–Trinajstić information content (AvgIpc) is 4.10. The van der Waals surface area contributed by atoms with Gasteiger partial charge in [0, 0.05) is 64.0 Å². The van der Waals surface area contributed by atoms with Crippen LogP contribution in [0.15, 0.2) is 71.5 Å². The highest BCUT2D eigenvalue weighted by Gasteiger charge is 2.34. The molecule has 0 bridgehead atoms. The van der Waals surface area contributed by atoms with E-state index in [-0.39, 0.29) is 46.7 Å². The number of nitrogens with zero attached hydrogens (tertiary/aromatic N) is 8. The molecule has 4 aromatic rings. The molecule has 8 rings (SSSR count). The lowest BCUT2D eigenvalue weighted by Gasteiger charge is -2.35. The molecular weight excluding hydrogens is 777 g/mol. The first-order chi connectivity index (χ1) is 28.2. The van der Waals surface area contributed by atoms with E-state index >= 15 is 0 Å². The zero-order chi connectivity index (χ0) is 40.4. The summed E-state index contributed by atoms with van der Waals surface area (Å²) in [6.45, 7) is 9.63. The fraction of sp³-hybridized carbons (Fsp3) is 0.571. The van der Waals surface area contributed by atoms with Gasteiger partial charge in [0.25, 0.3) is 0 Å². The molecule has 0 spiro atoms. The molecule has 2 aromatic heterocycles. The lowest BCUT2D eigenvalue weighted by atomic mass is 10.0. The number of ether oxygens (including phenoxy) is 4. The van der Waals surface area contributed by atoms with E-state index in [1.54, 1.807) is 36.2 Å². The number of hydrogen-bond donors (Lipinski definition) is 0. The molecule has 14 nitrogen and oxygen atoms in total. The molecule has 4 aliphatic rings. The Balaban J connectivity index is 0.000000177. The predicted molar refractivity (Wildman–Crippen MR) is 221 cm³/mol. The molecule has 0 aliphatic carbocycles. The van der Waals surface area contributed by atoms with Crippen molar-refractivity contribution in [2.75, 3.05) is 52.6 Å². The molecule has 2 aromatic carbocycles. The Morgan fingerprint density at radius 3 is 1.47 bits per heavy atom. The smallest absolute Gasteiger partial charge is 0.227 e. The SMILES string of the molecule is C[C@H](Sc1nncn1C)c1cccc(CC(=O)N2CCO[C@@H]([C@H]3CCCO3)C2)c1.C[C@H](Sc1nncn1C)c1cccc(CC(=O)N2CCO[C@H]([C@H]3CCCO3)C2)c1. The first kappa shape index (κ1) is 42.3. The molecule has 4 saturated heterocycles. The van der Waals surface area contributed by atoms with Gasteiger partial charge in [-0.15, -0.1) is 20.4 Å². The summed E-state index contributed by atoms with van der Waals surface area (Å²) >= 11 is 3.33. The van der Waals surface area contributed by atoms with Gasteiger partial charge in [-0.2, -0.15) is 0 Å². The molecule has 6 atom stereocenters. The number of amides is 2. The largest absolute Gasteiger partial charge is 0.375 e. The van der Waals surface area contributed by atoms with E-state index in [4.69, 9.17) is 18.9 Å². The average molecular weight is 833 g/mol. The standard InChI is InChI=1S/2C21H28N4O3S/c2*1-15(29-21-23-22-14-24(21)2)17-6-3-5-16(11-17)12-20(26)25-8-10-28-19(13-25)18-7-4-9-27-18/h2*3,5-6,11,14-15,18-19H,4,7-10,12-13H2,1-2H3/t15-,18+,19+;15-,18+,19-/m00/s1. The van der Waals surface area contributed by atoms with Gasteiger partial charge in [0.1, 0.15) is 24.9 Å². The van der Waals surface area contributed by atoms with Gasteiger partial charge in [0.15, 0.2) is 10.3 Å². The Bertz CT molecular complexity index is 1810. The summed E-state index contributed by atoms with van der Waals surface area (Å²) in [5.41, 5.74) is 4.45. The van der Waals surface area contributed by atoms with E-state index < -0.39 is 0 Å². The number of morpholine rings is 2. The van der Waals surface area contributed by atoms with Crippen LogP contribution in [0, 0.1) is 0 Å². The van der Waals surface area contributed by atoms with Gasteiger partial charge >= 0.3 is 0 Å². The predicted octanol–water partition coefficient (Wildman–Crippen LogP) is 5.23. The van der Waals surface area contributed by atoms with Crippen LogP contribution in [0.1, 0.15) is 72.3 Å². The van der Waals surface area contributed by atoms with Crippen LogP contribution in [0.3, 0.4) is 0 Å². The van der Waals surface area contributed by atoms with E-state index in [2.05, 4.69) is 58.5 Å². The number of thioether (sulfide) groups is 2.